The van der Waals surface area contributed by atoms with E-state index >= 15 is 0 Å². The molecule has 140 valence electrons. The molecule has 0 unspecified atom stereocenters. The lowest BCUT2D eigenvalue weighted by molar-refractivity contribution is -0.120. The maximum Gasteiger partial charge on any atom is 0.241 e. The van der Waals surface area contributed by atoms with Crippen molar-refractivity contribution in [2.45, 2.75) is 19.5 Å². The summed E-state index contributed by atoms with van der Waals surface area (Å²) in [4.78, 5) is 16.1. The molecular formula is C19H22F3N3O. The first-order chi connectivity index (χ1) is 12.2. The summed E-state index contributed by atoms with van der Waals surface area (Å²) in [7, 11) is 5.65. The Morgan fingerprint density at radius 1 is 1.00 bits per heavy atom. The van der Waals surface area contributed by atoms with Crippen molar-refractivity contribution >= 4 is 17.3 Å². The van der Waals surface area contributed by atoms with Gasteiger partial charge in [0.05, 0.1) is 11.7 Å². The van der Waals surface area contributed by atoms with Crippen LogP contribution in [0.3, 0.4) is 0 Å². The number of carbonyl (C=O) groups excluding carboxylic acids is 1. The molecule has 1 N–H and O–H groups in total. The molecule has 7 heteroatoms. The first-order valence-corrected chi connectivity index (χ1v) is 8.11. The predicted molar refractivity (Wildman–Crippen MR) is 96.6 cm³/mol. The lowest BCUT2D eigenvalue weighted by atomic mass is 10.1. The summed E-state index contributed by atoms with van der Waals surface area (Å²) in [5.41, 5.74) is 1.69. The van der Waals surface area contributed by atoms with Gasteiger partial charge < -0.3 is 10.2 Å². The highest BCUT2D eigenvalue weighted by Gasteiger charge is 2.21. The molecule has 0 radical (unpaired) electrons. The number of carbonyl (C=O) groups is 1. The fourth-order valence-electron chi connectivity index (χ4n) is 2.38. The predicted octanol–water partition coefficient (Wildman–Crippen LogP) is 3.63. The van der Waals surface area contributed by atoms with Crippen LogP contribution in [-0.4, -0.2) is 38.0 Å². The molecule has 2 aromatic rings. The molecule has 26 heavy (non-hydrogen) atoms. The number of hydrogen-bond acceptors (Lipinski definition) is 3. The van der Waals surface area contributed by atoms with Crippen LogP contribution in [0.5, 0.6) is 0 Å². The first kappa shape index (κ1) is 19.8. The summed E-state index contributed by atoms with van der Waals surface area (Å²) in [6, 6.07) is 9.05. The largest absolute Gasteiger partial charge is 0.378 e. The van der Waals surface area contributed by atoms with Gasteiger partial charge in [0, 0.05) is 26.3 Å². The summed E-state index contributed by atoms with van der Waals surface area (Å²) in [5.74, 6) is -4.83. The maximum atomic E-state index is 13.7. The third kappa shape index (κ3) is 4.54. The fourth-order valence-corrected chi connectivity index (χ4v) is 2.38. The molecule has 0 fully saturated rings. The van der Waals surface area contributed by atoms with Crippen molar-refractivity contribution in [3.8, 4) is 0 Å². The molecule has 4 nitrogen and oxygen atoms in total. The summed E-state index contributed by atoms with van der Waals surface area (Å²) in [6.07, 6.45) is 0. The average molecular weight is 365 g/mol. The van der Waals surface area contributed by atoms with E-state index in [1.807, 2.05) is 43.3 Å². The van der Waals surface area contributed by atoms with E-state index < -0.39 is 29.4 Å². The van der Waals surface area contributed by atoms with E-state index in [2.05, 4.69) is 5.32 Å². The molecule has 0 aliphatic rings. The molecule has 0 bridgehead atoms. The highest BCUT2D eigenvalue weighted by atomic mass is 19.2. The summed E-state index contributed by atoms with van der Waals surface area (Å²) in [6.45, 7) is 2.16. The van der Waals surface area contributed by atoms with Crippen molar-refractivity contribution in [1.82, 2.24) is 4.90 Å². The van der Waals surface area contributed by atoms with E-state index in [9.17, 15) is 18.0 Å². The SMILES string of the molecule is C[C@H](C(=O)Nc1ccc(F)c(F)c1F)N(C)Cc1ccc(N(C)C)cc1. The molecule has 0 aliphatic carbocycles. The van der Waals surface area contributed by atoms with Crippen molar-refractivity contribution in [3.63, 3.8) is 0 Å². The van der Waals surface area contributed by atoms with Crippen molar-refractivity contribution in [3.05, 3.63) is 59.4 Å². The Morgan fingerprint density at radius 2 is 1.62 bits per heavy atom. The molecule has 2 aromatic carbocycles. The third-order valence-corrected chi connectivity index (χ3v) is 4.22. The van der Waals surface area contributed by atoms with Crippen LogP contribution in [0.15, 0.2) is 36.4 Å². The molecule has 0 aromatic heterocycles. The number of nitrogens with one attached hydrogen (secondary N) is 1. The molecule has 1 amide bonds. The Bertz CT molecular complexity index is 778. The second kappa shape index (κ2) is 8.23. The van der Waals surface area contributed by atoms with Crippen LogP contribution in [0.25, 0.3) is 0 Å². The van der Waals surface area contributed by atoms with Gasteiger partial charge in [-0.3, -0.25) is 9.69 Å². The van der Waals surface area contributed by atoms with Crippen LogP contribution < -0.4 is 10.2 Å². The van der Waals surface area contributed by atoms with Gasteiger partial charge in [-0.1, -0.05) is 12.1 Å². The second-order valence-electron chi connectivity index (χ2n) is 6.36. The van der Waals surface area contributed by atoms with Crippen LogP contribution >= 0.6 is 0 Å². The minimum absolute atomic E-state index is 0.385. The Morgan fingerprint density at radius 3 is 2.19 bits per heavy atom. The molecule has 2 rings (SSSR count). The van der Waals surface area contributed by atoms with Crippen LogP contribution in [0.1, 0.15) is 12.5 Å². The molecular weight excluding hydrogens is 343 g/mol. The standard InChI is InChI=1S/C19H22F3N3O/c1-12(19(26)23-16-10-9-15(20)17(21)18(16)22)25(4)11-13-5-7-14(8-6-13)24(2)3/h5-10,12H,11H2,1-4H3,(H,23,26)/t12-/m1/s1. The zero-order valence-corrected chi connectivity index (χ0v) is 15.2. The number of halogens is 3. The van der Waals surface area contributed by atoms with Crippen LogP contribution in [0, 0.1) is 17.5 Å². The van der Waals surface area contributed by atoms with Crippen molar-refractivity contribution in [1.29, 1.82) is 0 Å². The van der Waals surface area contributed by atoms with Gasteiger partial charge in [0.1, 0.15) is 0 Å². The lowest BCUT2D eigenvalue weighted by Crippen LogP contribution is -2.39. The van der Waals surface area contributed by atoms with Gasteiger partial charge in [0.25, 0.3) is 0 Å². The molecule has 0 aliphatic heterocycles. The lowest BCUT2D eigenvalue weighted by Gasteiger charge is -2.24. The van der Waals surface area contributed by atoms with Crippen molar-refractivity contribution < 1.29 is 18.0 Å². The molecule has 0 saturated carbocycles. The summed E-state index contributed by atoms with van der Waals surface area (Å²) >= 11 is 0. The molecule has 0 heterocycles. The smallest absolute Gasteiger partial charge is 0.241 e. The van der Waals surface area contributed by atoms with Gasteiger partial charge in [-0.05, 0) is 43.8 Å². The van der Waals surface area contributed by atoms with E-state index in [0.717, 1.165) is 23.4 Å². The molecule has 0 saturated heterocycles. The number of benzene rings is 2. The van der Waals surface area contributed by atoms with Gasteiger partial charge >= 0.3 is 0 Å². The third-order valence-electron chi connectivity index (χ3n) is 4.22. The molecule has 1 atom stereocenters. The van der Waals surface area contributed by atoms with Crippen LogP contribution in [0.4, 0.5) is 24.5 Å². The second-order valence-corrected chi connectivity index (χ2v) is 6.36. The van der Waals surface area contributed by atoms with Crippen molar-refractivity contribution in [2.75, 3.05) is 31.4 Å². The monoisotopic (exact) mass is 365 g/mol. The van der Waals surface area contributed by atoms with Gasteiger partial charge in [0.15, 0.2) is 17.5 Å². The van der Waals surface area contributed by atoms with Crippen LogP contribution in [0.2, 0.25) is 0 Å². The fraction of sp³-hybridized carbons (Fsp3) is 0.316. The van der Waals surface area contributed by atoms with E-state index in [1.165, 1.54) is 0 Å². The topological polar surface area (TPSA) is 35.6 Å². The number of rotatable bonds is 6. The number of amides is 1. The minimum Gasteiger partial charge on any atom is -0.378 e. The quantitative estimate of drug-likeness (QED) is 0.794. The Kier molecular flexibility index (Phi) is 6.26. The van der Waals surface area contributed by atoms with Gasteiger partial charge in [-0.15, -0.1) is 0 Å². The van der Waals surface area contributed by atoms with Crippen molar-refractivity contribution in [2.24, 2.45) is 0 Å². The maximum absolute atomic E-state index is 13.7. The van der Waals surface area contributed by atoms with Gasteiger partial charge in [-0.25, -0.2) is 13.2 Å². The highest BCUT2D eigenvalue weighted by Crippen LogP contribution is 2.20. The van der Waals surface area contributed by atoms with Crippen LogP contribution in [-0.2, 0) is 11.3 Å². The van der Waals surface area contributed by atoms with E-state index in [1.54, 1.807) is 18.9 Å². The Labute approximate surface area is 151 Å². The zero-order valence-electron chi connectivity index (χ0n) is 15.2. The summed E-state index contributed by atoms with van der Waals surface area (Å²) in [5, 5.41) is 2.30. The first-order valence-electron chi connectivity index (χ1n) is 8.11. The van der Waals surface area contributed by atoms with E-state index in [-0.39, 0.29) is 5.69 Å². The number of hydrogen-bond donors (Lipinski definition) is 1. The Balaban J connectivity index is 2.02. The van der Waals surface area contributed by atoms with Gasteiger partial charge in [0.2, 0.25) is 5.91 Å². The Hall–Kier alpha value is -2.54. The number of likely N-dealkylation sites (N-methyl/N-ethyl adjacent to an activating group) is 1. The zero-order chi connectivity index (χ0) is 19.4. The number of nitrogens with zero attached hydrogens (tertiary/aromatic N) is 2. The highest BCUT2D eigenvalue weighted by molar-refractivity contribution is 5.94. The normalized spacial score (nSPS) is 12.2. The van der Waals surface area contributed by atoms with E-state index in [4.69, 9.17) is 0 Å². The van der Waals surface area contributed by atoms with Gasteiger partial charge in [-0.2, -0.15) is 0 Å². The van der Waals surface area contributed by atoms with E-state index in [0.29, 0.717) is 6.54 Å². The minimum atomic E-state index is -1.61. The molecule has 0 spiro atoms. The number of anilines is 2. The average Bonchev–Trinajstić information content (AvgIpc) is 2.61. The summed E-state index contributed by atoms with van der Waals surface area (Å²) < 4.78 is 39.9.